The lowest BCUT2D eigenvalue weighted by Crippen LogP contribution is -2.09. The molecule has 4 nitrogen and oxygen atoms in total. The largest absolute Gasteiger partial charge is 0.394 e. The van der Waals surface area contributed by atoms with Crippen molar-refractivity contribution in [3.05, 3.63) is 0 Å². The van der Waals surface area contributed by atoms with Crippen LogP contribution in [0.4, 0.5) is 0 Å². The van der Waals surface area contributed by atoms with E-state index < -0.39 is 0 Å². The predicted octanol–water partition coefficient (Wildman–Crippen LogP) is 5.13. The van der Waals surface area contributed by atoms with E-state index in [1.807, 2.05) is 0 Å². The quantitative estimate of drug-likeness (QED) is 0.305. The SMILES string of the molecule is CCCCCCCCCCCCCCCCCC(N)=O.Cl.OCCO. The standard InChI is InChI=1S/C18H37NO.C2H6O2.ClH/c1-2-3-4-5-6-7-8-9-10-11-12-13-14-15-16-17-18(19)20;3-1-2-4;/h2-17H2,1H3,(H2,19,20);3-4H,1-2H2;1H. The second kappa shape index (κ2) is 28.5. The van der Waals surface area contributed by atoms with Gasteiger partial charge in [0, 0.05) is 6.42 Å². The normalized spacial score (nSPS) is 9.88. The number of aliphatic hydroxyl groups is 2. The molecule has 0 unspecified atom stereocenters. The number of hydrogen-bond acceptors (Lipinski definition) is 3. The van der Waals surface area contributed by atoms with Crippen LogP contribution in [0.3, 0.4) is 0 Å². The minimum Gasteiger partial charge on any atom is -0.394 e. The number of aliphatic hydroxyl groups excluding tert-OH is 2. The van der Waals surface area contributed by atoms with Crippen LogP contribution in [0.1, 0.15) is 110 Å². The van der Waals surface area contributed by atoms with E-state index in [0.717, 1.165) is 6.42 Å². The third-order valence-corrected chi connectivity index (χ3v) is 4.13. The van der Waals surface area contributed by atoms with Crippen LogP contribution in [-0.2, 0) is 4.79 Å². The first-order valence-corrected chi connectivity index (χ1v) is 10.2. The van der Waals surface area contributed by atoms with Crippen LogP contribution < -0.4 is 5.73 Å². The van der Waals surface area contributed by atoms with Crippen LogP contribution in [0.25, 0.3) is 0 Å². The summed E-state index contributed by atoms with van der Waals surface area (Å²) < 4.78 is 0. The number of primary amides is 1. The van der Waals surface area contributed by atoms with Crippen molar-refractivity contribution in [3.63, 3.8) is 0 Å². The molecule has 0 aliphatic rings. The molecule has 154 valence electrons. The van der Waals surface area contributed by atoms with Crippen LogP contribution in [0.2, 0.25) is 0 Å². The highest BCUT2D eigenvalue weighted by Crippen LogP contribution is 2.13. The van der Waals surface area contributed by atoms with E-state index >= 15 is 0 Å². The van der Waals surface area contributed by atoms with Crippen LogP contribution >= 0.6 is 12.4 Å². The molecule has 4 N–H and O–H groups in total. The summed E-state index contributed by atoms with van der Waals surface area (Å²) in [6, 6.07) is 0. The van der Waals surface area contributed by atoms with Crippen molar-refractivity contribution in [3.8, 4) is 0 Å². The molecule has 0 spiro atoms. The number of halogens is 1. The smallest absolute Gasteiger partial charge is 0.217 e. The Kier molecular flexibility index (Phi) is 33.5. The van der Waals surface area contributed by atoms with Crippen molar-refractivity contribution < 1.29 is 15.0 Å². The van der Waals surface area contributed by atoms with E-state index in [1.54, 1.807) is 0 Å². The highest BCUT2D eigenvalue weighted by atomic mass is 35.5. The van der Waals surface area contributed by atoms with Gasteiger partial charge in [0.1, 0.15) is 0 Å². The Morgan fingerprint density at radius 3 is 1.16 bits per heavy atom. The van der Waals surface area contributed by atoms with Crippen LogP contribution in [0.5, 0.6) is 0 Å². The third kappa shape index (κ3) is 35.6. The number of unbranched alkanes of at least 4 members (excludes halogenated alkanes) is 14. The molecule has 0 bridgehead atoms. The van der Waals surface area contributed by atoms with Gasteiger partial charge in [0.05, 0.1) is 13.2 Å². The van der Waals surface area contributed by atoms with Gasteiger partial charge in [-0.2, -0.15) is 0 Å². The van der Waals surface area contributed by atoms with E-state index in [0.29, 0.717) is 6.42 Å². The fraction of sp³-hybridized carbons (Fsp3) is 0.950. The van der Waals surface area contributed by atoms with Gasteiger partial charge in [0.15, 0.2) is 0 Å². The maximum absolute atomic E-state index is 10.6. The molecule has 25 heavy (non-hydrogen) atoms. The van der Waals surface area contributed by atoms with Crippen molar-refractivity contribution in [1.82, 2.24) is 0 Å². The first kappa shape index (κ1) is 29.4. The number of hydrogen-bond donors (Lipinski definition) is 3. The number of amides is 1. The summed E-state index contributed by atoms with van der Waals surface area (Å²) in [7, 11) is 0. The topological polar surface area (TPSA) is 83.6 Å². The molecule has 1 amide bonds. The summed E-state index contributed by atoms with van der Waals surface area (Å²) in [4.78, 5) is 10.6. The molecule has 0 rings (SSSR count). The van der Waals surface area contributed by atoms with Gasteiger partial charge < -0.3 is 15.9 Å². The molecule has 0 aliphatic carbocycles. The van der Waals surface area contributed by atoms with Gasteiger partial charge >= 0.3 is 0 Å². The van der Waals surface area contributed by atoms with Crippen LogP contribution in [-0.4, -0.2) is 29.3 Å². The second-order valence-electron chi connectivity index (χ2n) is 6.61. The highest BCUT2D eigenvalue weighted by molar-refractivity contribution is 5.85. The van der Waals surface area contributed by atoms with Crippen LogP contribution in [0, 0.1) is 0 Å². The summed E-state index contributed by atoms with van der Waals surface area (Å²) >= 11 is 0. The van der Waals surface area contributed by atoms with Crippen molar-refractivity contribution >= 4 is 18.3 Å². The molecule has 0 saturated heterocycles. The van der Waals surface area contributed by atoms with E-state index in [4.69, 9.17) is 15.9 Å². The van der Waals surface area contributed by atoms with E-state index in [1.165, 1.54) is 89.9 Å². The highest BCUT2D eigenvalue weighted by Gasteiger charge is 1.96. The van der Waals surface area contributed by atoms with Gasteiger partial charge in [0.2, 0.25) is 5.91 Å². The first-order chi connectivity index (χ1) is 11.7. The summed E-state index contributed by atoms with van der Waals surface area (Å²) in [5.74, 6) is -0.153. The van der Waals surface area contributed by atoms with Gasteiger partial charge in [-0.05, 0) is 6.42 Å². The Hall–Kier alpha value is -0.320. The Balaban J connectivity index is -0.000000867. The van der Waals surface area contributed by atoms with E-state index in [-0.39, 0.29) is 31.5 Å². The third-order valence-electron chi connectivity index (χ3n) is 4.13. The monoisotopic (exact) mass is 381 g/mol. The second-order valence-corrected chi connectivity index (χ2v) is 6.61. The molecule has 0 radical (unpaired) electrons. The average Bonchev–Trinajstić information content (AvgIpc) is 2.58. The zero-order valence-electron chi connectivity index (χ0n) is 16.5. The minimum atomic E-state index is -0.153. The Labute approximate surface area is 162 Å². The maximum Gasteiger partial charge on any atom is 0.217 e. The maximum atomic E-state index is 10.6. The predicted molar refractivity (Wildman–Crippen MR) is 110 cm³/mol. The fourth-order valence-corrected chi connectivity index (χ4v) is 2.67. The first-order valence-electron chi connectivity index (χ1n) is 10.2. The van der Waals surface area contributed by atoms with Crippen molar-refractivity contribution in [2.75, 3.05) is 13.2 Å². The molecule has 0 atom stereocenters. The number of carbonyl (C=O) groups excluding carboxylic acids is 1. The summed E-state index contributed by atoms with van der Waals surface area (Å²) in [6.07, 6.45) is 20.9. The van der Waals surface area contributed by atoms with E-state index in [9.17, 15) is 4.79 Å². The van der Waals surface area contributed by atoms with Crippen LogP contribution in [0.15, 0.2) is 0 Å². The van der Waals surface area contributed by atoms with Gasteiger partial charge in [0.25, 0.3) is 0 Å². The fourth-order valence-electron chi connectivity index (χ4n) is 2.67. The molecular weight excluding hydrogens is 338 g/mol. The van der Waals surface area contributed by atoms with Gasteiger partial charge in [-0.25, -0.2) is 0 Å². The Morgan fingerprint density at radius 2 is 0.920 bits per heavy atom. The zero-order chi connectivity index (χ0) is 18.3. The molecule has 0 heterocycles. The molecule has 0 aliphatic heterocycles. The van der Waals surface area contributed by atoms with Gasteiger partial charge in [-0.1, -0.05) is 96.8 Å². The lowest BCUT2D eigenvalue weighted by Gasteiger charge is -2.03. The molecule has 5 heteroatoms. The lowest BCUT2D eigenvalue weighted by atomic mass is 10.0. The summed E-state index contributed by atoms with van der Waals surface area (Å²) in [6.45, 7) is 2.03. The molecule has 0 aromatic rings. The Morgan fingerprint density at radius 1 is 0.640 bits per heavy atom. The molecular formula is C20H44ClNO3. The van der Waals surface area contributed by atoms with Crippen molar-refractivity contribution in [1.29, 1.82) is 0 Å². The van der Waals surface area contributed by atoms with Gasteiger partial charge in [-0.15, -0.1) is 12.4 Å². The van der Waals surface area contributed by atoms with Crippen molar-refractivity contribution in [2.24, 2.45) is 5.73 Å². The molecule has 0 aromatic carbocycles. The zero-order valence-corrected chi connectivity index (χ0v) is 17.3. The molecule has 0 aromatic heterocycles. The average molecular weight is 382 g/mol. The lowest BCUT2D eigenvalue weighted by molar-refractivity contribution is -0.118. The van der Waals surface area contributed by atoms with E-state index in [2.05, 4.69) is 6.92 Å². The summed E-state index contributed by atoms with van der Waals surface area (Å²) in [5, 5.41) is 15.2. The van der Waals surface area contributed by atoms with Gasteiger partial charge in [-0.3, -0.25) is 4.79 Å². The van der Waals surface area contributed by atoms with Crippen molar-refractivity contribution in [2.45, 2.75) is 110 Å². The molecule has 0 saturated carbocycles. The number of rotatable bonds is 17. The Bertz CT molecular complexity index is 239. The number of carbonyl (C=O) groups is 1. The minimum absolute atomic E-state index is 0. The summed E-state index contributed by atoms with van der Waals surface area (Å²) in [5.41, 5.74) is 5.11. The number of nitrogens with two attached hydrogens (primary N) is 1. The molecule has 0 fully saturated rings.